The lowest BCUT2D eigenvalue weighted by atomic mass is 10.3. The van der Waals surface area contributed by atoms with Gasteiger partial charge in [-0.3, -0.25) is 10.1 Å². The normalized spacial score (nSPS) is 10.2. The largest absolute Gasteiger partial charge is 0.439 e. The Morgan fingerprint density at radius 3 is 2.58 bits per heavy atom. The van der Waals surface area contributed by atoms with Crippen LogP contribution in [-0.4, -0.2) is 14.9 Å². The van der Waals surface area contributed by atoms with E-state index in [0.29, 0.717) is 29.0 Å². The molecule has 0 aliphatic rings. The molecule has 2 rings (SSSR count). The molecule has 0 bridgehead atoms. The minimum atomic E-state index is -0.472. The number of aromatic nitrogens is 2. The summed E-state index contributed by atoms with van der Waals surface area (Å²) in [6.45, 7) is 1.90. The van der Waals surface area contributed by atoms with Crippen LogP contribution in [0.1, 0.15) is 12.7 Å². The topological polar surface area (TPSA) is 78.2 Å². The maximum atomic E-state index is 10.5. The first-order valence-corrected chi connectivity index (χ1v) is 5.92. The number of nitro benzene ring substituents is 1. The standard InChI is InChI=1S/C12H10ClN3O3/c1-2-11-14-10(13)7-12(15-11)19-9-5-3-8(4-6-9)16(17)18/h3-7H,2H2,1H3. The molecule has 0 amide bonds. The van der Waals surface area contributed by atoms with Crippen molar-refractivity contribution in [3.8, 4) is 11.6 Å². The number of ether oxygens (including phenoxy) is 1. The fraction of sp³-hybridized carbons (Fsp3) is 0.167. The van der Waals surface area contributed by atoms with Crippen molar-refractivity contribution in [1.82, 2.24) is 9.97 Å². The summed E-state index contributed by atoms with van der Waals surface area (Å²) in [6.07, 6.45) is 0.636. The van der Waals surface area contributed by atoms with Gasteiger partial charge >= 0.3 is 0 Å². The highest BCUT2D eigenvalue weighted by Gasteiger charge is 2.07. The van der Waals surface area contributed by atoms with E-state index in [1.54, 1.807) is 0 Å². The predicted octanol–water partition coefficient (Wildman–Crippen LogP) is 3.39. The van der Waals surface area contributed by atoms with Crippen molar-refractivity contribution in [1.29, 1.82) is 0 Å². The van der Waals surface area contributed by atoms with Crippen molar-refractivity contribution in [2.24, 2.45) is 0 Å². The lowest BCUT2D eigenvalue weighted by Gasteiger charge is -2.06. The number of non-ortho nitro benzene ring substituents is 1. The van der Waals surface area contributed by atoms with Crippen molar-refractivity contribution < 1.29 is 9.66 Å². The number of hydrogen-bond donors (Lipinski definition) is 0. The molecule has 6 nitrogen and oxygen atoms in total. The first kappa shape index (κ1) is 13.2. The smallest absolute Gasteiger partial charge is 0.269 e. The van der Waals surface area contributed by atoms with E-state index in [9.17, 15) is 10.1 Å². The molecule has 2 aromatic rings. The molecule has 0 aliphatic heterocycles. The third kappa shape index (κ3) is 3.38. The van der Waals surface area contributed by atoms with Gasteiger partial charge < -0.3 is 4.74 Å². The quantitative estimate of drug-likeness (QED) is 0.487. The molecule has 1 aromatic heterocycles. The maximum absolute atomic E-state index is 10.5. The summed E-state index contributed by atoms with van der Waals surface area (Å²) < 4.78 is 5.48. The number of rotatable bonds is 4. The lowest BCUT2D eigenvalue weighted by molar-refractivity contribution is -0.384. The van der Waals surface area contributed by atoms with Crippen molar-refractivity contribution >= 4 is 17.3 Å². The molecule has 0 unspecified atom stereocenters. The summed E-state index contributed by atoms with van der Waals surface area (Å²) in [5, 5.41) is 10.8. The van der Waals surface area contributed by atoms with Crippen LogP contribution >= 0.6 is 11.6 Å². The van der Waals surface area contributed by atoms with Gasteiger partial charge in [0, 0.05) is 24.6 Å². The second kappa shape index (κ2) is 5.62. The number of aryl methyl sites for hydroxylation is 1. The molecular formula is C12H10ClN3O3. The van der Waals surface area contributed by atoms with E-state index < -0.39 is 4.92 Å². The van der Waals surface area contributed by atoms with E-state index in [-0.39, 0.29) is 5.69 Å². The molecule has 0 aliphatic carbocycles. The summed E-state index contributed by atoms with van der Waals surface area (Å²) in [6, 6.07) is 7.21. The van der Waals surface area contributed by atoms with Crippen LogP contribution in [0, 0.1) is 10.1 Å². The number of nitro groups is 1. The first-order chi connectivity index (χ1) is 9.08. The first-order valence-electron chi connectivity index (χ1n) is 5.54. The van der Waals surface area contributed by atoms with Gasteiger partial charge in [0.25, 0.3) is 5.69 Å². The Hall–Kier alpha value is -2.21. The Kier molecular flexibility index (Phi) is 3.91. The molecule has 7 heteroatoms. The second-order valence-corrected chi connectivity index (χ2v) is 4.04. The van der Waals surface area contributed by atoms with Crippen LogP contribution in [0.25, 0.3) is 0 Å². The van der Waals surface area contributed by atoms with E-state index in [1.165, 1.54) is 30.3 Å². The molecule has 0 fully saturated rings. The van der Waals surface area contributed by atoms with E-state index >= 15 is 0 Å². The monoisotopic (exact) mass is 279 g/mol. The third-order valence-corrected chi connectivity index (χ3v) is 2.50. The van der Waals surface area contributed by atoms with Crippen LogP contribution < -0.4 is 4.74 Å². The van der Waals surface area contributed by atoms with E-state index in [1.807, 2.05) is 6.92 Å². The Labute approximate surface area is 114 Å². The van der Waals surface area contributed by atoms with Gasteiger partial charge in [0.2, 0.25) is 5.88 Å². The van der Waals surface area contributed by atoms with Gasteiger partial charge in [0.1, 0.15) is 16.7 Å². The molecule has 1 heterocycles. The fourth-order valence-electron chi connectivity index (χ4n) is 1.41. The van der Waals surface area contributed by atoms with E-state index in [4.69, 9.17) is 16.3 Å². The van der Waals surface area contributed by atoms with Crippen LogP contribution in [0.5, 0.6) is 11.6 Å². The molecule has 0 spiro atoms. The molecule has 0 saturated carbocycles. The van der Waals surface area contributed by atoms with Crippen LogP contribution in [0.3, 0.4) is 0 Å². The molecule has 98 valence electrons. The van der Waals surface area contributed by atoms with Crippen LogP contribution in [0.2, 0.25) is 5.15 Å². The van der Waals surface area contributed by atoms with Crippen LogP contribution in [0.4, 0.5) is 5.69 Å². The van der Waals surface area contributed by atoms with Crippen LogP contribution in [-0.2, 0) is 6.42 Å². The highest BCUT2D eigenvalue weighted by molar-refractivity contribution is 6.29. The Morgan fingerprint density at radius 1 is 1.32 bits per heavy atom. The van der Waals surface area contributed by atoms with Crippen molar-refractivity contribution in [3.63, 3.8) is 0 Å². The van der Waals surface area contributed by atoms with Gasteiger partial charge in [-0.05, 0) is 12.1 Å². The summed E-state index contributed by atoms with van der Waals surface area (Å²) in [5.41, 5.74) is 0.00215. The number of benzene rings is 1. The van der Waals surface area contributed by atoms with Gasteiger partial charge in [-0.25, -0.2) is 4.98 Å². The molecule has 0 N–H and O–H groups in total. The zero-order chi connectivity index (χ0) is 13.8. The Morgan fingerprint density at radius 2 is 2.00 bits per heavy atom. The predicted molar refractivity (Wildman–Crippen MR) is 69.6 cm³/mol. The molecule has 0 radical (unpaired) electrons. The van der Waals surface area contributed by atoms with Crippen molar-refractivity contribution in [3.05, 3.63) is 51.4 Å². The zero-order valence-corrected chi connectivity index (χ0v) is 10.8. The fourth-order valence-corrected chi connectivity index (χ4v) is 1.60. The number of hydrogen-bond acceptors (Lipinski definition) is 5. The van der Waals surface area contributed by atoms with Gasteiger partial charge in [-0.15, -0.1) is 0 Å². The maximum Gasteiger partial charge on any atom is 0.269 e. The van der Waals surface area contributed by atoms with Crippen molar-refractivity contribution in [2.45, 2.75) is 13.3 Å². The second-order valence-electron chi connectivity index (χ2n) is 3.65. The average molecular weight is 280 g/mol. The van der Waals surface area contributed by atoms with Gasteiger partial charge in [-0.2, -0.15) is 4.98 Å². The molecule has 19 heavy (non-hydrogen) atoms. The average Bonchev–Trinajstić information content (AvgIpc) is 2.38. The molecule has 0 saturated heterocycles. The Balaban J connectivity index is 2.21. The highest BCUT2D eigenvalue weighted by atomic mass is 35.5. The van der Waals surface area contributed by atoms with Gasteiger partial charge in [-0.1, -0.05) is 18.5 Å². The number of halogens is 1. The van der Waals surface area contributed by atoms with Crippen LogP contribution in [0.15, 0.2) is 30.3 Å². The van der Waals surface area contributed by atoms with E-state index in [2.05, 4.69) is 9.97 Å². The number of nitrogens with zero attached hydrogens (tertiary/aromatic N) is 3. The minimum Gasteiger partial charge on any atom is -0.439 e. The summed E-state index contributed by atoms with van der Waals surface area (Å²) in [5.74, 6) is 1.33. The molecule has 1 aromatic carbocycles. The third-order valence-electron chi connectivity index (χ3n) is 2.30. The Bertz CT molecular complexity index is 602. The van der Waals surface area contributed by atoms with E-state index in [0.717, 1.165) is 0 Å². The lowest BCUT2D eigenvalue weighted by Crippen LogP contribution is -1.96. The van der Waals surface area contributed by atoms with Crippen molar-refractivity contribution in [2.75, 3.05) is 0 Å². The summed E-state index contributed by atoms with van der Waals surface area (Å²) in [7, 11) is 0. The zero-order valence-electron chi connectivity index (χ0n) is 10.0. The minimum absolute atomic E-state index is 0.00215. The van der Waals surface area contributed by atoms with Gasteiger partial charge in [0.15, 0.2) is 0 Å². The summed E-state index contributed by atoms with van der Waals surface area (Å²) >= 11 is 5.84. The molecular weight excluding hydrogens is 270 g/mol. The van der Waals surface area contributed by atoms with Gasteiger partial charge in [0.05, 0.1) is 4.92 Å². The molecule has 0 atom stereocenters. The SMILES string of the molecule is CCc1nc(Cl)cc(Oc2ccc([N+](=O)[O-])cc2)n1. The summed E-state index contributed by atoms with van der Waals surface area (Å²) in [4.78, 5) is 18.2. The highest BCUT2D eigenvalue weighted by Crippen LogP contribution is 2.24.